The van der Waals surface area contributed by atoms with Crippen molar-refractivity contribution in [3.63, 3.8) is 0 Å². The second-order valence-corrected chi connectivity index (χ2v) is 9.73. The van der Waals surface area contributed by atoms with E-state index in [4.69, 9.17) is 4.74 Å². The van der Waals surface area contributed by atoms with Crippen LogP contribution >= 0.6 is 0 Å². The molecule has 6 heteroatoms. The minimum Gasteiger partial charge on any atom is -0.489 e. The summed E-state index contributed by atoms with van der Waals surface area (Å²) in [6, 6.07) is 14.4. The highest BCUT2D eigenvalue weighted by Gasteiger charge is 2.39. The van der Waals surface area contributed by atoms with Gasteiger partial charge in [0.05, 0.1) is 0 Å². The van der Waals surface area contributed by atoms with E-state index in [1.807, 2.05) is 18.2 Å². The van der Waals surface area contributed by atoms with Gasteiger partial charge in [-0.05, 0) is 67.0 Å². The molecule has 2 fully saturated rings. The molecule has 1 saturated carbocycles. The number of ether oxygens (including phenoxy) is 1. The van der Waals surface area contributed by atoms with Crippen molar-refractivity contribution in [3.05, 3.63) is 77.0 Å². The summed E-state index contributed by atoms with van der Waals surface area (Å²) < 4.78 is 6.51. The van der Waals surface area contributed by atoms with Crippen LogP contribution in [0, 0.1) is 0 Å². The van der Waals surface area contributed by atoms with E-state index in [0.717, 1.165) is 42.9 Å². The number of carbonyl (C=O) groups excluding carboxylic acids is 2. The Morgan fingerprint density at radius 3 is 2.48 bits per heavy atom. The Labute approximate surface area is 194 Å². The molecule has 6 nitrogen and oxygen atoms in total. The Morgan fingerprint density at radius 1 is 0.939 bits per heavy atom. The van der Waals surface area contributed by atoms with Gasteiger partial charge in [-0.25, -0.2) is 0 Å². The van der Waals surface area contributed by atoms with Crippen molar-refractivity contribution in [2.24, 2.45) is 0 Å². The first-order valence-electron chi connectivity index (χ1n) is 12.0. The van der Waals surface area contributed by atoms with Gasteiger partial charge in [-0.1, -0.05) is 30.8 Å². The van der Waals surface area contributed by atoms with E-state index in [2.05, 4.69) is 41.1 Å². The molecule has 0 aromatic heterocycles. The van der Waals surface area contributed by atoms with Crippen molar-refractivity contribution in [3.8, 4) is 5.75 Å². The molecule has 1 saturated heterocycles. The Kier molecular flexibility index (Phi) is 4.98. The van der Waals surface area contributed by atoms with Crippen LogP contribution in [-0.2, 0) is 24.4 Å². The van der Waals surface area contributed by atoms with Crippen LogP contribution in [0.25, 0.3) is 0 Å². The number of nitrogens with zero attached hydrogens (tertiary/aromatic N) is 2. The highest BCUT2D eigenvalue weighted by atomic mass is 16.5. The maximum absolute atomic E-state index is 13.0. The van der Waals surface area contributed by atoms with Crippen molar-refractivity contribution in [2.45, 2.75) is 69.9 Å². The molecule has 0 radical (unpaired) electrons. The molecule has 2 amide bonds. The molecule has 3 heterocycles. The smallest absolute Gasteiger partial charge is 0.255 e. The van der Waals surface area contributed by atoms with Gasteiger partial charge in [-0.3, -0.25) is 14.5 Å². The first-order chi connectivity index (χ1) is 16.1. The van der Waals surface area contributed by atoms with Crippen LogP contribution in [0.4, 0.5) is 0 Å². The van der Waals surface area contributed by atoms with Gasteiger partial charge in [0.2, 0.25) is 5.91 Å². The lowest BCUT2D eigenvalue weighted by Gasteiger charge is -2.30. The molecule has 3 aliphatic heterocycles. The second-order valence-electron chi connectivity index (χ2n) is 9.73. The zero-order valence-electron chi connectivity index (χ0n) is 18.8. The molecule has 2 aromatic rings. The third-order valence-corrected chi connectivity index (χ3v) is 7.65. The molecule has 2 aromatic carbocycles. The van der Waals surface area contributed by atoms with Gasteiger partial charge in [0.15, 0.2) is 0 Å². The highest BCUT2D eigenvalue weighted by Crippen LogP contribution is 2.36. The number of rotatable bonds is 4. The van der Waals surface area contributed by atoms with Crippen molar-refractivity contribution < 1.29 is 14.3 Å². The topological polar surface area (TPSA) is 61.9 Å². The largest absolute Gasteiger partial charge is 0.489 e. The zero-order chi connectivity index (χ0) is 22.5. The number of fused-ring (bicyclic) bond motifs is 2. The lowest BCUT2D eigenvalue weighted by molar-refractivity contribution is -0.126. The zero-order valence-corrected chi connectivity index (χ0v) is 18.8. The second kappa shape index (κ2) is 8.03. The van der Waals surface area contributed by atoms with E-state index in [0.29, 0.717) is 31.0 Å². The van der Waals surface area contributed by atoms with Crippen molar-refractivity contribution in [1.82, 2.24) is 15.1 Å². The molecule has 170 valence electrons. The monoisotopic (exact) mass is 443 g/mol. The molecule has 0 bridgehead atoms. The first-order valence-corrected chi connectivity index (χ1v) is 12.0. The average Bonchev–Trinajstić information content (AvgIpc) is 3.51. The van der Waals surface area contributed by atoms with E-state index in [1.165, 1.54) is 17.5 Å². The van der Waals surface area contributed by atoms with Crippen LogP contribution in [0.2, 0.25) is 0 Å². The van der Waals surface area contributed by atoms with Gasteiger partial charge in [0.25, 0.3) is 5.91 Å². The number of allylic oxidation sites excluding steroid dienone is 1. The number of benzene rings is 2. The van der Waals surface area contributed by atoms with E-state index < -0.39 is 6.04 Å². The van der Waals surface area contributed by atoms with Gasteiger partial charge < -0.3 is 15.0 Å². The Morgan fingerprint density at radius 2 is 1.73 bits per heavy atom. The van der Waals surface area contributed by atoms with Crippen LogP contribution in [0.1, 0.15) is 59.2 Å². The minimum atomic E-state index is -0.434. The van der Waals surface area contributed by atoms with Gasteiger partial charge in [-0.2, -0.15) is 0 Å². The van der Waals surface area contributed by atoms with Crippen LogP contribution in [0.3, 0.4) is 0 Å². The minimum absolute atomic E-state index is 0.0715. The molecule has 4 aliphatic rings. The molecular formula is C27H29N3O3. The lowest BCUT2D eigenvalue weighted by atomic mass is 10.0. The Bertz CT molecular complexity index is 1120. The predicted molar refractivity (Wildman–Crippen MR) is 124 cm³/mol. The van der Waals surface area contributed by atoms with E-state index in [9.17, 15) is 9.59 Å². The van der Waals surface area contributed by atoms with Gasteiger partial charge in [0, 0.05) is 36.9 Å². The molecule has 3 atom stereocenters. The fourth-order valence-electron chi connectivity index (χ4n) is 5.93. The van der Waals surface area contributed by atoms with Crippen molar-refractivity contribution in [1.29, 1.82) is 0 Å². The molecule has 33 heavy (non-hydrogen) atoms. The number of piperidine rings is 1. The van der Waals surface area contributed by atoms with E-state index >= 15 is 0 Å². The fourth-order valence-corrected chi connectivity index (χ4v) is 5.93. The average molecular weight is 444 g/mol. The molecule has 1 aliphatic carbocycles. The maximum Gasteiger partial charge on any atom is 0.255 e. The summed E-state index contributed by atoms with van der Waals surface area (Å²) in [5.74, 6) is 0.612. The quantitative estimate of drug-likeness (QED) is 0.782. The summed E-state index contributed by atoms with van der Waals surface area (Å²) in [6.45, 7) is 6.27. The van der Waals surface area contributed by atoms with Gasteiger partial charge >= 0.3 is 0 Å². The Balaban J connectivity index is 1.16. The summed E-state index contributed by atoms with van der Waals surface area (Å²) in [4.78, 5) is 29.7. The van der Waals surface area contributed by atoms with Gasteiger partial charge in [-0.15, -0.1) is 0 Å². The summed E-state index contributed by atoms with van der Waals surface area (Å²) >= 11 is 0. The SMILES string of the molecule is C=C1CCC(N2Cc3cc(O[C@@H]4CCC[C@@H]4N4Cc5ccccc5C4)ccc3C2=O)C(=O)N1. The summed E-state index contributed by atoms with van der Waals surface area (Å²) in [5.41, 5.74) is 5.20. The highest BCUT2D eigenvalue weighted by molar-refractivity contribution is 6.01. The lowest BCUT2D eigenvalue weighted by Crippen LogP contribution is -2.49. The predicted octanol–water partition coefficient (Wildman–Crippen LogP) is 3.75. The van der Waals surface area contributed by atoms with Crippen LogP contribution in [0.15, 0.2) is 54.7 Å². The standard InChI is InChI=1S/C27H29N3O3/c1-17-9-12-24(26(31)28-17)30-16-20-13-21(10-11-22(20)27(30)32)33-25-8-4-7-23(25)29-14-18-5-2-3-6-19(18)15-29/h2-3,5-6,10-11,13,23-25H,1,4,7-9,12,14-16H2,(H,28,31)/t23-,24?,25+/m0/s1. The summed E-state index contributed by atoms with van der Waals surface area (Å²) in [6.07, 6.45) is 4.84. The third-order valence-electron chi connectivity index (χ3n) is 7.65. The summed E-state index contributed by atoms with van der Waals surface area (Å²) in [5, 5.41) is 2.79. The van der Waals surface area contributed by atoms with Gasteiger partial charge in [0.1, 0.15) is 17.9 Å². The fraction of sp³-hybridized carbons (Fsp3) is 0.407. The number of hydrogen-bond donors (Lipinski definition) is 1. The Hall–Kier alpha value is -3.12. The maximum atomic E-state index is 13.0. The van der Waals surface area contributed by atoms with Crippen LogP contribution < -0.4 is 10.1 Å². The van der Waals surface area contributed by atoms with Crippen molar-refractivity contribution >= 4 is 11.8 Å². The van der Waals surface area contributed by atoms with E-state index in [-0.39, 0.29) is 17.9 Å². The molecule has 1 unspecified atom stereocenters. The van der Waals surface area contributed by atoms with Crippen LogP contribution in [0.5, 0.6) is 5.75 Å². The summed E-state index contributed by atoms with van der Waals surface area (Å²) in [7, 11) is 0. The molecule has 1 N–H and O–H groups in total. The number of nitrogens with one attached hydrogen (secondary N) is 1. The molecular weight excluding hydrogens is 414 g/mol. The van der Waals surface area contributed by atoms with Crippen molar-refractivity contribution in [2.75, 3.05) is 0 Å². The number of carbonyl (C=O) groups is 2. The first kappa shape index (κ1) is 20.5. The molecule has 0 spiro atoms. The molecule has 6 rings (SSSR count). The number of amides is 2. The normalized spacial score (nSPS) is 27.0. The van der Waals surface area contributed by atoms with E-state index in [1.54, 1.807) is 4.90 Å². The third kappa shape index (κ3) is 3.62. The van der Waals surface area contributed by atoms with Crippen LogP contribution in [-0.4, -0.2) is 39.8 Å². The number of hydrogen-bond acceptors (Lipinski definition) is 4.